The number of halogens is 2. The first-order valence-electron chi connectivity index (χ1n) is 6.43. The number of benzene rings is 2. The highest BCUT2D eigenvalue weighted by Gasteiger charge is 2.17. The normalized spacial score (nSPS) is 12.5. The van der Waals surface area contributed by atoms with Crippen LogP contribution in [-0.4, -0.2) is 0 Å². The largest absolute Gasteiger partial charge is 0.271 e. The molecule has 2 aromatic rings. The number of aryl methyl sites for hydroxylation is 3. The van der Waals surface area contributed by atoms with Crippen molar-refractivity contribution in [2.75, 3.05) is 0 Å². The van der Waals surface area contributed by atoms with Crippen LogP contribution in [0.2, 0.25) is 0 Å². The number of hydrogen-bond acceptors (Lipinski definition) is 2. The molecular formula is C16H18BrFN2. The van der Waals surface area contributed by atoms with Crippen molar-refractivity contribution < 1.29 is 4.39 Å². The third-order valence-electron chi connectivity index (χ3n) is 3.51. The summed E-state index contributed by atoms with van der Waals surface area (Å²) in [6.45, 7) is 6.02. The van der Waals surface area contributed by atoms with Crippen molar-refractivity contribution in [1.29, 1.82) is 0 Å². The summed E-state index contributed by atoms with van der Waals surface area (Å²) < 4.78 is 14.6. The molecule has 0 amide bonds. The third-order valence-corrected chi connectivity index (χ3v) is 4.76. The monoisotopic (exact) mass is 336 g/mol. The number of hydrogen-bond donors (Lipinski definition) is 2. The van der Waals surface area contributed by atoms with E-state index in [2.05, 4.69) is 33.5 Å². The van der Waals surface area contributed by atoms with Crippen LogP contribution in [0.3, 0.4) is 0 Å². The zero-order valence-corrected chi connectivity index (χ0v) is 13.4. The molecule has 0 saturated heterocycles. The third kappa shape index (κ3) is 2.92. The summed E-state index contributed by atoms with van der Waals surface area (Å²) in [7, 11) is 0. The van der Waals surface area contributed by atoms with Crippen LogP contribution in [0.1, 0.15) is 33.9 Å². The first kappa shape index (κ1) is 15.2. The Kier molecular flexibility index (Phi) is 4.58. The highest BCUT2D eigenvalue weighted by molar-refractivity contribution is 9.10. The summed E-state index contributed by atoms with van der Waals surface area (Å²) in [5.74, 6) is 5.46. The van der Waals surface area contributed by atoms with E-state index in [0.717, 1.165) is 32.3 Å². The van der Waals surface area contributed by atoms with Gasteiger partial charge in [-0.25, -0.2) is 9.82 Å². The molecule has 106 valence electrons. The molecule has 1 atom stereocenters. The van der Waals surface area contributed by atoms with Gasteiger partial charge in [-0.05, 0) is 60.7 Å². The summed E-state index contributed by atoms with van der Waals surface area (Å²) >= 11 is 3.55. The Morgan fingerprint density at radius 3 is 2.20 bits per heavy atom. The van der Waals surface area contributed by atoms with Crippen LogP contribution in [0, 0.1) is 26.6 Å². The van der Waals surface area contributed by atoms with Crippen LogP contribution >= 0.6 is 15.9 Å². The first-order valence-corrected chi connectivity index (χ1v) is 7.22. The lowest BCUT2D eigenvalue weighted by Crippen LogP contribution is -2.29. The van der Waals surface area contributed by atoms with Crippen molar-refractivity contribution in [2.24, 2.45) is 5.84 Å². The predicted octanol–water partition coefficient (Wildman–Crippen LogP) is 4.07. The second-order valence-electron chi connectivity index (χ2n) is 5.07. The molecule has 0 heterocycles. The summed E-state index contributed by atoms with van der Waals surface area (Å²) in [5, 5.41) is 0. The average molecular weight is 337 g/mol. The summed E-state index contributed by atoms with van der Waals surface area (Å²) in [6, 6.07) is 8.67. The zero-order valence-electron chi connectivity index (χ0n) is 11.8. The minimum Gasteiger partial charge on any atom is -0.271 e. The van der Waals surface area contributed by atoms with E-state index in [-0.39, 0.29) is 11.9 Å². The molecule has 2 rings (SSSR count). The van der Waals surface area contributed by atoms with Gasteiger partial charge in [-0.2, -0.15) is 0 Å². The molecule has 0 spiro atoms. The van der Waals surface area contributed by atoms with Gasteiger partial charge in [0.05, 0.1) is 6.04 Å². The van der Waals surface area contributed by atoms with Gasteiger partial charge in [-0.1, -0.05) is 34.1 Å². The summed E-state index contributed by atoms with van der Waals surface area (Å²) in [6.07, 6.45) is 0. The Balaban J connectivity index is 2.55. The molecule has 0 aliphatic carbocycles. The Morgan fingerprint density at radius 1 is 1.05 bits per heavy atom. The molecule has 3 N–H and O–H groups in total. The highest BCUT2D eigenvalue weighted by Crippen LogP contribution is 2.30. The van der Waals surface area contributed by atoms with E-state index >= 15 is 0 Å². The minimum atomic E-state index is -0.253. The molecule has 20 heavy (non-hydrogen) atoms. The predicted molar refractivity (Wildman–Crippen MR) is 83.9 cm³/mol. The molecule has 0 fully saturated rings. The van der Waals surface area contributed by atoms with Crippen molar-refractivity contribution >= 4 is 15.9 Å². The van der Waals surface area contributed by atoms with Gasteiger partial charge in [0.1, 0.15) is 5.82 Å². The lowest BCUT2D eigenvalue weighted by atomic mass is 9.93. The molecular weight excluding hydrogens is 319 g/mol. The van der Waals surface area contributed by atoms with Crippen molar-refractivity contribution in [3.8, 4) is 0 Å². The summed E-state index contributed by atoms with van der Waals surface area (Å²) in [5.41, 5.74) is 7.95. The van der Waals surface area contributed by atoms with Crippen LogP contribution in [0.5, 0.6) is 0 Å². The van der Waals surface area contributed by atoms with E-state index in [9.17, 15) is 4.39 Å². The molecule has 4 heteroatoms. The Hall–Kier alpha value is -1.23. The molecule has 0 radical (unpaired) electrons. The fourth-order valence-corrected chi connectivity index (χ4v) is 2.66. The van der Waals surface area contributed by atoms with Crippen molar-refractivity contribution in [3.05, 3.63) is 68.4 Å². The smallest absolute Gasteiger partial charge is 0.123 e. The van der Waals surface area contributed by atoms with E-state index in [1.54, 1.807) is 6.07 Å². The second-order valence-corrected chi connectivity index (χ2v) is 5.86. The molecule has 0 aromatic heterocycles. The quantitative estimate of drug-likeness (QED) is 0.655. The summed E-state index contributed by atoms with van der Waals surface area (Å²) in [4.78, 5) is 0. The van der Waals surface area contributed by atoms with Crippen LogP contribution in [0.4, 0.5) is 4.39 Å². The first-order chi connectivity index (χ1) is 9.43. The number of rotatable bonds is 3. The highest BCUT2D eigenvalue weighted by atomic mass is 79.9. The second kappa shape index (κ2) is 6.04. The van der Waals surface area contributed by atoms with Crippen LogP contribution in [0.15, 0.2) is 34.8 Å². The van der Waals surface area contributed by atoms with Crippen molar-refractivity contribution in [1.82, 2.24) is 5.43 Å². The van der Waals surface area contributed by atoms with Gasteiger partial charge in [-0.3, -0.25) is 5.84 Å². The van der Waals surface area contributed by atoms with Gasteiger partial charge in [0.2, 0.25) is 0 Å². The molecule has 0 bridgehead atoms. The standard InChI is InChI=1S/C16H18BrFN2/c1-9-4-5-13(18)8-14(9)16(20-19)12-6-10(2)15(17)11(3)7-12/h4-8,16,20H,19H2,1-3H3. The van der Waals surface area contributed by atoms with Crippen LogP contribution < -0.4 is 11.3 Å². The van der Waals surface area contributed by atoms with Gasteiger partial charge < -0.3 is 0 Å². The lowest BCUT2D eigenvalue weighted by molar-refractivity contribution is 0.602. The van der Waals surface area contributed by atoms with Crippen molar-refractivity contribution in [2.45, 2.75) is 26.8 Å². The fraction of sp³-hybridized carbons (Fsp3) is 0.250. The molecule has 2 aromatic carbocycles. The molecule has 0 saturated carbocycles. The lowest BCUT2D eigenvalue weighted by Gasteiger charge is -2.21. The van der Waals surface area contributed by atoms with Gasteiger partial charge in [0.25, 0.3) is 0 Å². The minimum absolute atomic E-state index is 0.226. The number of nitrogens with one attached hydrogen (secondary N) is 1. The van der Waals surface area contributed by atoms with Gasteiger partial charge in [-0.15, -0.1) is 0 Å². The fourth-order valence-electron chi connectivity index (χ4n) is 2.43. The Bertz CT molecular complexity index is 617. The Labute approximate surface area is 127 Å². The molecule has 0 aliphatic heterocycles. The number of hydrazine groups is 1. The molecule has 0 aliphatic rings. The maximum absolute atomic E-state index is 13.5. The SMILES string of the molecule is Cc1ccc(F)cc1C(NN)c1cc(C)c(Br)c(C)c1. The van der Waals surface area contributed by atoms with E-state index in [1.807, 2.05) is 20.8 Å². The van der Waals surface area contributed by atoms with Gasteiger partial charge in [0.15, 0.2) is 0 Å². The average Bonchev–Trinajstić information content (AvgIpc) is 2.40. The van der Waals surface area contributed by atoms with E-state index in [1.165, 1.54) is 12.1 Å². The zero-order chi connectivity index (χ0) is 14.9. The van der Waals surface area contributed by atoms with Crippen LogP contribution in [0.25, 0.3) is 0 Å². The van der Waals surface area contributed by atoms with Crippen molar-refractivity contribution in [3.63, 3.8) is 0 Å². The van der Waals surface area contributed by atoms with E-state index in [0.29, 0.717) is 0 Å². The maximum atomic E-state index is 13.5. The Morgan fingerprint density at radius 2 is 1.65 bits per heavy atom. The van der Waals surface area contributed by atoms with Gasteiger partial charge in [0, 0.05) is 4.47 Å². The van der Waals surface area contributed by atoms with E-state index in [4.69, 9.17) is 5.84 Å². The molecule has 1 unspecified atom stereocenters. The number of nitrogens with two attached hydrogens (primary N) is 1. The molecule has 2 nitrogen and oxygen atoms in total. The van der Waals surface area contributed by atoms with Crippen LogP contribution in [-0.2, 0) is 0 Å². The van der Waals surface area contributed by atoms with Gasteiger partial charge >= 0.3 is 0 Å². The maximum Gasteiger partial charge on any atom is 0.123 e. The van der Waals surface area contributed by atoms with E-state index < -0.39 is 0 Å². The topological polar surface area (TPSA) is 38.0 Å².